The van der Waals surface area contributed by atoms with Crippen molar-refractivity contribution in [3.05, 3.63) is 66.9 Å². The van der Waals surface area contributed by atoms with Crippen molar-refractivity contribution in [1.82, 2.24) is 14.3 Å². The van der Waals surface area contributed by atoms with Crippen molar-refractivity contribution in [3.63, 3.8) is 0 Å². The van der Waals surface area contributed by atoms with Gasteiger partial charge in [-0.2, -0.15) is 0 Å². The Balaban J connectivity index is 1.52. The smallest absolute Gasteiger partial charge is 0.181 e. The lowest BCUT2D eigenvalue weighted by molar-refractivity contribution is 0.0370. The first kappa shape index (κ1) is 20.5. The molecule has 0 N–H and O–H groups in total. The number of fused-ring (bicyclic) bond motifs is 1. The quantitative estimate of drug-likeness (QED) is 0.409. The van der Waals surface area contributed by atoms with E-state index in [-0.39, 0.29) is 5.78 Å². The standard InChI is InChI=1S/C25H25N3O4/c1-30-21-4-2-3-18(13-21)19-5-6-20-14-22(24(29)7-8-27-9-11-31-12-10-27)25(28(20)15-19)23-16-32-17-26-23/h2-6,13-17H,7-12H2,1H3. The van der Waals surface area contributed by atoms with Crippen molar-refractivity contribution in [3.8, 4) is 28.3 Å². The number of ether oxygens (including phenoxy) is 2. The summed E-state index contributed by atoms with van der Waals surface area (Å²) in [5, 5.41) is 0. The number of carbonyl (C=O) groups excluding carboxylic acids is 1. The summed E-state index contributed by atoms with van der Waals surface area (Å²) in [6.07, 6.45) is 5.46. The fourth-order valence-electron chi connectivity index (χ4n) is 4.17. The monoisotopic (exact) mass is 431 g/mol. The van der Waals surface area contributed by atoms with Crippen LogP contribution < -0.4 is 4.74 Å². The van der Waals surface area contributed by atoms with E-state index < -0.39 is 0 Å². The molecule has 7 nitrogen and oxygen atoms in total. The molecule has 0 atom stereocenters. The van der Waals surface area contributed by atoms with Gasteiger partial charge in [-0.05, 0) is 35.4 Å². The number of oxazole rings is 1. The van der Waals surface area contributed by atoms with Gasteiger partial charge in [0.25, 0.3) is 0 Å². The second kappa shape index (κ2) is 8.98. The zero-order chi connectivity index (χ0) is 21.9. The van der Waals surface area contributed by atoms with E-state index in [0.717, 1.165) is 60.9 Å². The minimum Gasteiger partial charge on any atom is -0.497 e. The summed E-state index contributed by atoms with van der Waals surface area (Å²) >= 11 is 0. The number of aromatic nitrogens is 2. The fourth-order valence-corrected chi connectivity index (χ4v) is 4.17. The van der Waals surface area contributed by atoms with Gasteiger partial charge in [0, 0.05) is 43.3 Å². The maximum absolute atomic E-state index is 13.3. The second-order valence-electron chi connectivity index (χ2n) is 7.85. The van der Waals surface area contributed by atoms with Crippen molar-refractivity contribution < 1.29 is 18.7 Å². The molecule has 164 valence electrons. The van der Waals surface area contributed by atoms with Crippen molar-refractivity contribution in [2.24, 2.45) is 0 Å². The average molecular weight is 431 g/mol. The molecule has 0 radical (unpaired) electrons. The van der Waals surface area contributed by atoms with Crippen LogP contribution in [0.15, 0.2) is 65.7 Å². The molecule has 1 aliphatic heterocycles. The van der Waals surface area contributed by atoms with Gasteiger partial charge in [0.1, 0.15) is 17.7 Å². The number of morpholine rings is 1. The normalized spacial score (nSPS) is 14.7. The minimum atomic E-state index is 0.0983. The lowest BCUT2D eigenvalue weighted by atomic mass is 10.1. The number of nitrogens with zero attached hydrogens (tertiary/aromatic N) is 3. The maximum atomic E-state index is 13.3. The molecule has 0 unspecified atom stereocenters. The van der Waals surface area contributed by atoms with Crippen LogP contribution in [0.1, 0.15) is 16.8 Å². The zero-order valence-electron chi connectivity index (χ0n) is 18.0. The predicted molar refractivity (Wildman–Crippen MR) is 121 cm³/mol. The molecule has 1 aliphatic rings. The molecule has 4 heterocycles. The number of carbonyl (C=O) groups is 1. The minimum absolute atomic E-state index is 0.0983. The third-order valence-corrected chi connectivity index (χ3v) is 5.91. The molecule has 32 heavy (non-hydrogen) atoms. The lowest BCUT2D eigenvalue weighted by Crippen LogP contribution is -2.37. The number of rotatable bonds is 7. The molecule has 1 aromatic carbocycles. The Morgan fingerprint density at radius 1 is 1.12 bits per heavy atom. The van der Waals surface area contributed by atoms with Gasteiger partial charge in [-0.25, -0.2) is 4.98 Å². The second-order valence-corrected chi connectivity index (χ2v) is 7.85. The molecular formula is C25H25N3O4. The highest BCUT2D eigenvalue weighted by molar-refractivity contribution is 6.03. The highest BCUT2D eigenvalue weighted by Crippen LogP contribution is 2.31. The van der Waals surface area contributed by atoms with E-state index in [2.05, 4.69) is 16.0 Å². The Bertz CT molecular complexity index is 1220. The van der Waals surface area contributed by atoms with Crippen LogP contribution in [0.3, 0.4) is 0 Å². The fraction of sp³-hybridized carbons (Fsp3) is 0.280. The Labute approximate surface area is 186 Å². The molecule has 0 bridgehead atoms. The molecule has 0 aliphatic carbocycles. The van der Waals surface area contributed by atoms with E-state index in [1.807, 2.05) is 47.0 Å². The molecule has 5 rings (SSSR count). The van der Waals surface area contributed by atoms with Gasteiger partial charge in [-0.15, -0.1) is 0 Å². The maximum Gasteiger partial charge on any atom is 0.181 e. The SMILES string of the molecule is COc1cccc(-c2ccc3cc(C(=O)CCN4CCOCC4)c(-c4cocn4)n3c2)c1. The number of benzene rings is 1. The van der Waals surface area contributed by atoms with Crippen LogP contribution in [0.4, 0.5) is 0 Å². The number of hydrogen-bond acceptors (Lipinski definition) is 6. The molecule has 1 fully saturated rings. The van der Waals surface area contributed by atoms with Crippen LogP contribution in [0.2, 0.25) is 0 Å². The highest BCUT2D eigenvalue weighted by atomic mass is 16.5. The topological polar surface area (TPSA) is 69.2 Å². The summed E-state index contributed by atoms with van der Waals surface area (Å²) in [6.45, 7) is 3.90. The molecule has 7 heteroatoms. The zero-order valence-corrected chi connectivity index (χ0v) is 18.0. The molecule has 0 spiro atoms. The molecule has 4 aromatic rings. The average Bonchev–Trinajstić information content (AvgIpc) is 3.50. The van der Waals surface area contributed by atoms with Crippen molar-refractivity contribution >= 4 is 11.3 Å². The summed E-state index contributed by atoms with van der Waals surface area (Å²) < 4.78 is 18.0. The van der Waals surface area contributed by atoms with E-state index in [1.165, 1.54) is 6.39 Å². The lowest BCUT2D eigenvalue weighted by Gasteiger charge is -2.26. The van der Waals surface area contributed by atoms with Gasteiger partial charge < -0.3 is 18.3 Å². The van der Waals surface area contributed by atoms with Gasteiger partial charge in [0.05, 0.1) is 26.0 Å². The number of methoxy groups -OCH3 is 1. The Morgan fingerprint density at radius 2 is 2.00 bits per heavy atom. The van der Waals surface area contributed by atoms with Crippen molar-refractivity contribution in [1.29, 1.82) is 0 Å². The predicted octanol–water partition coefficient (Wildman–Crippen LogP) is 4.17. The van der Waals surface area contributed by atoms with Crippen molar-refractivity contribution in [2.45, 2.75) is 6.42 Å². The third-order valence-electron chi connectivity index (χ3n) is 5.91. The van der Waals surface area contributed by atoms with E-state index in [0.29, 0.717) is 17.7 Å². The van der Waals surface area contributed by atoms with Crippen LogP contribution in [0, 0.1) is 0 Å². The van der Waals surface area contributed by atoms with E-state index in [4.69, 9.17) is 13.9 Å². The van der Waals surface area contributed by atoms with Crippen LogP contribution in [-0.4, -0.2) is 60.0 Å². The number of ketones is 1. The van der Waals surface area contributed by atoms with Crippen LogP contribution in [-0.2, 0) is 4.74 Å². The van der Waals surface area contributed by atoms with Crippen LogP contribution in [0.5, 0.6) is 5.75 Å². The van der Waals surface area contributed by atoms with Gasteiger partial charge in [0.2, 0.25) is 0 Å². The van der Waals surface area contributed by atoms with Gasteiger partial charge >= 0.3 is 0 Å². The van der Waals surface area contributed by atoms with Crippen molar-refractivity contribution in [2.75, 3.05) is 40.0 Å². The van der Waals surface area contributed by atoms with Crippen LogP contribution >= 0.6 is 0 Å². The van der Waals surface area contributed by atoms with Gasteiger partial charge in [0.15, 0.2) is 12.2 Å². The van der Waals surface area contributed by atoms with Gasteiger partial charge in [-0.1, -0.05) is 18.2 Å². The molecule has 0 amide bonds. The van der Waals surface area contributed by atoms with Gasteiger partial charge in [-0.3, -0.25) is 9.69 Å². The van der Waals surface area contributed by atoms with E-state index >= 15 is 0 Å². The summed E-state index contributed by atoms with van der Waals surface area (Å²) in [7, 11) is 1.66. The molecule has 0 saturated carbocycles. The summed E-state index contributed by atoms with van der Waals surface area (Å²) in [5.41, 5.74) is 5.04. The first-order valence-electron chi connectivity index (χ1n) is 10.7. The number of hydrogen-bond donors (Lipinski definition) is 0. The van der Waals surface area contributed by atoms with E-state index in [1.54, 1.807) is 13.4 Å². The largest absolute Gasteiger partial charge is 0.497 e. The van der Waals surface area contributed by atoms with Crippen LogP contribution in [0.25, 0.3) is 28.0 Å². The first-order valence-corrected chi connectivity index (χ1v) is 10.7. The third kappa shape index (κ3) is 4.04. The Morgan fingerprint density at radius 3 is 2.78 bits per heavy atom. The highest BCUT2D eigenvalue weighted by Gasteiger charge is 2.21. The van der Waals surface area contributed by atoms with E-state index in [9.17, 15) is 4.79 Å². The molecular weight excluding hydrogens is 406 g/mol. The first-order chi connectivity index (χ1) is 15.7. The number of pyridine rings is 1. The number of Topliss-reactive ketones (excluding diaryl/α,β-unsaturated/α-hetero) is 1. The Kier molecular flexibility index (Phi) is 5.75. The summed E-state index contributed by atoms with van der Waals surface area (Å²) in [4.78, 5) is 19.9. The molecule has 3 aromatic heterocycles. The molecule has 1 saturated heterocycles. The summed E-state index contributed by atoms with van der Waals surface area (Å²) in [5.74, 6) is 0.895. The summed E-state index contributed by atoms with van der Waals surface area (Å²) in [6, 6.07) is 13.9. The Hall–Kier alpha value is -3.42.